The number of hydrogen-bond acceptors (Lipinski definition) is 0. The van der Waals surface area contributed by atoms with Gasteiger partial charge in [0.1, 0.15) is 0 Å². The summed E-state index contributed by atoms with van der Waals surface area (Å²) in [6.45, 7) is 0. The fourth-order valence-electron chi connectivity index (χ4n) is 11.2. The average Bonchev–Trinajstić information content (AvgIpc) is 3.95. The lowest BCUT2D eigenvalue weighted by atomic mass is 9.99. The van der Waals surface area contributed by atoms with E-state index in [0.29, 0.717) is 0 Å². The molecule has 0 amide bonds. The van der Waals surface area contributed by atoms with Crippen molar-refractivity contribution in [2.45, 2.75) is 0 Å². The second-order valence-electron chi connectivity index (χ2n) is 18.0. The molecular formula is C66H46N2Si. The molecule has 2 aromatic heterocycles. The first-order valence-electron chi connectivity index (χ1n) is 23.8. The highest BCUT2D eigenvalue weighted by atomic mass is 28.3. The summed E-state index contributed by atoms with van der Waals surface area (Å²) in [5.74, 6) is 0. The molecule has 0 atom stereocenters. The Morgan fingerprint density at radius 1 is 0.232 bits per heavy atom. The van der Waals surface area contributed by atoms with Crippen LogP contribution in [0, 0.1) is 0 Å². The molecular weight excluding hydrogens is 849 g/mol. The van der Waals surface area contributed by atoms with E-state index < -0.39 is 8.07 Å². The van der Waals surface area contributed by atoms with Crippen LogP contribution in [0.3, 0.4) is 0 Å². The molecule has 0 aliphatic carbocycles. The molecule has 0 aliphatic rings. The Hall–Kier alpha value is -8.76. The predicted octanol–water partition coefficient (Wildman–Crippen LogP) is 14.3. The summed E-state index contributed by atoms with van der Waals surface area (Å²) in [6.07, 6.45) is 0. The maximum atomic E-state index is 2.51. The van der Waals surface area contributed by atoms with E-state index in [0.717, 1.165) is 11.4 Å². The highest BCUT2D eigenvalue weighted by Crippen LogP contribution is 2.39. The van der Waals surface area contributed by atoms with Gasteiger partial charge in [-0.1, -0.05) is 218 Å². The Morgan fingerprint density at radius 2 is 0.652 bits per heavy atom. The van der Waals surface area contributed by atoms with E-state index in [-0.39, 0.29) is 0 Å². The van der Waals surface area contributed by atoms with Crippen molar-refractivity contribution < 1.29 is 0 Å². The molecule has 3 heteroatoms. The van der Waals surface area contributed by atoms with Crippen LogP contribution in [-0.4, -0.2) is 17.2 Å². The van der Waals surface area contributed by atoms with Crippen molar-refractivity contribution in [2.75, 3.05) is 0 Å². The standard InChI is InChI=1S/C66H46N2Si/c1-6-21-47(22-7-1)49-25-18-26-50(43-49)51-27-19-28-53(44-51)68-63-42-40-54(67-61-36-17-16-35-58(61)59-45-52(39-41-62(59)67)48-23-8-2-9-24-48)46-60(63)66-64(68)37-20-38-65(66)69(55-29-10-3-11-30-55,56-31-12-4-13-32-56)57-33-14-5-15-34-57/h1-46H. The first-order chi connectivity index (χ1) is 34.2. The van der Waals surface area contributed by atoms with Crippen molar-refractivity contribution in [2.24, 2.45) is 0 Å². The molecule has 11 aromatic carbocycles. The van der Waals surface area contributed by atoms with Gasteiger partial charge in [-0.2, -0.15) is 0 Å². The van der Waals surface area contributed by atoms with E-state index in [2.05, 4.69) is 288 Å². The summed E-state index contributed by atoms with van der Waals surface area (Å²) < 4.78 is 4.99. The number of aromatic nitrogens is 2. The monoisotopic (exact) mass is 894 g/mol. The fraction of sp³-hybridized carbons (Fsp3) is 0. The number of benzene rings is 11. The Kier molecular flexibility index (Phi) is 9.88. The first-order valence-corrected chi connectivity index (χ1v) is 25.8. The number of rotatable bonds is 9. The smallest absolute Gasteiger partial charge is 0.180 e. The number of fused-ring (bicyclic) bond motifs is 6. The van der Waals surface area contributed by atoms with E-state index in [9.17, 15) is 0 Å². The third kappa shape index (κ3) is 6.70. The Bertz CT molecular complexity index is 3890. The van der Waals surface area contributed by atoms with Gasteiger partial charge in [0, 0.05) is 32.9 Å². The molecule has 324 valence electrons. The van der Waals surface area contributed by atoms with Gasteiger partial charge in [-0.25, -0.2) is 0 Å². The number of hydrogen-bond donors (Lipinski definition) is 0. The van der Waals surface area contributed by atoms with Crippen LogP contribution in [0.5, 0.6) is 0 Å². The molecule has 13 rings (SSSR count). The van der Waals surface area contributed by atoms with Gasteiger partial charge in [-0.3, -0.25) is 0 Å². The molecule has 2 heterocycles. The van der Waals surface area contributed by atoms with Crippen molar-refractivity contribution in [1.82, 2.24) is 9.13 Å². The van der Waals surface area contributed by atoms with Crippen LogP contribution in [0.2, 0.25) is 0 Å². The van der Waals surface area contributed by atoms with Crippen LogP contribution in [0.1, 0.15) is 0 Å². The van der Waals surface area contributed by atoms with Gasteiger partial charge in [-0.15, -0.1) is 0 Å². The highest BCUT2D eigenvalue weighted by molar-refractivity contribution is 7.20. The molecule has 2 nitrogen and oxygen atoms in total. The zero-order valence-corrected chi connectivity index (χ0v) is 39.0. The number of para-hydroxylation sites is 1. The normalized spacial score (nSPS) is 11.8. The Morgan fingerprint density at radius 3 is 1.29 bits per heavy atom. The summed E-state index contributed by atoms with van der Waals surface area (Å²) in [5.41, 5.74) is 14.2. The molecule has 0 fully saturated rings. The molecule has 0 aliphatic heterocycles. The third-order valence-electron chi connectivity index (χ3n) is 14.2. The van der Waals surface area contributed by atoms with Gasteiger partial charge >= 0.3 is 0 Å². The minimum Gasteiger partial charge on any atom is -0.309 e. The summed E-state index contributed by atoms with van der Waals surface area (Å²) >= 11 is 0. The maximum absolute atomic E-state index is 3.00. The molecule has 13 aromatic rings. The molecule has 0 spiro atoms. The summed E-state index contributed by atoms with van der Waals surface area (Å²) in [4.78, 5) is 0. The van der Waals surface area contributed by atoms with Gasteiger partial charge in [0.05, 0.1) is 22.1 Å². The van der Waals surface area contributed by atoms with Gasteiger partial charge in [0.15, 0.2) is 8.07 Å². The van der Waals surface area contributed by atoms with Crippen molar-refractivity contribution in [3.8, 4) is 44.8 Å². The zero-order valence-electron chi connectivity index (χ0n) is 38.0. The Balaban J connectivity index is 1.12. The van der Waals surface area contributed by atoms with Gasteiger partial charge in [0.2, 0.25) is 0 Å². The molecule has 0 saturated heterocycles. The molecule has 0 unspecified atom stereocenters. The van der Waals surface area contributed by atoms with Crippen LogP contribution in [0.25, 0.3) is 88.4 Å². The summed E-state index contributed by atoms with van der Waals surface area (Å²) in [6, 6.07) is 103. The summed E-state index contributed by atoms with van der Waals surface area (Å²) in [5, 5.41) is 10.4. The molecule has 0 bridgehead atoms. The average molecular weight is 895 g/mol. The first kappa shape index (κ1) is 40.5. The Labute approximate surface area is 403 Å². The lowest BCUT2D eigenvalue weighted by Gasteiger charge is -2.35. The molecule has 69 heavy (non-hydrogen) atoms. The second kappa shape index (κ2) is 16.8. The fourth-order valence-corrected chi connectivity index (χ4v) is 16.2. The van der Waals surface area contributed by atoms with Crippen molar-refractivity contribution in [3.05, 3.63) is 279 Å². The summed E-state index contributed by atoms with van der Waals surface area (Å²) in [7, 11) is -3.00. The van der Waals surface area contributed by atoms with E-state index in [1.807, 2.05) is 0 Å². The van der Waals surface area contributed by atoms with Crippen LogP contribution in [-0.2, 0) is 0 Å². The number of nitrogens with zero attached hydrogens (tertiary/aromatic N) is 2. The van der Waals surface area contributed by atoms with Gasteiger partial charge < -0.3 is 9.13 Å². The van der Waals surface area contributed by atoms with E-state index in [1.54, 1.807) is 0 Å². The van der Waals surface area contributed by atoms with Gasteiger partial charge in [0.25, 0.3) is 0 Å². The van der Waals surface area contributed by atoms with Crippen LogP contribution in [0.4, 0.5) is 0 Å². The van der Waals surface area contributed by atoms with E-state index in [4.69, 9.17) is 0 Å². The minimum absolute atomic E-state index is 1.12. The molecule has 0 N–H and O–H groups in total. The zero-order chi connectivity index (χ0) is 45.7. The topological polar surface area (TPSA) is 9.86 Å². The van der Waals surface area contributed by atoms with Crippen LogP contribution in [0.15, 0.2) is 279 Å². The quantitative estimate of drug-likeness (QED) is 0.101. The minimum atomic E-state index is -3.00. The maximum Gasteiger partial charge on any atom is 0.180 e. The molecule has 0 saturated carbocycles. The van der Waals surface area contributed by atoms with Crippen molar-refractivity contribution >= 4 is 72.4 Å². The lowest BCUT2D eigenvalue weighted by molar-refractivity contribution is 1.17. The van der Waals surface area contributed by atoms with E-state index >= 15 is 0 Å². The third-order valence-corrected chi connectivity index (χ3v) is 19.1. The molecule has 0 radical (unpaired) electrons. The second-order valence-corrected chi connectivity index (χ2v) is 21.8. The van der Waals surface area contributed by atoms with Crippen molar-refractivity contribution in [1.29, 1.82) is 0 Å². The van der Waals surface area contributed by atoms with Crippen LogP contribution >= 0.6 is 0 Å². The lowest BCUT2D eigenvalue weighted by Crippen LogP contribution is -2.74. The SMILES string of the molecule is c1ccc(-c2cccc(-c3cccc(-n4c5ccc(-n6c7ccccc7c7cc(-c8ccccc8)ccc76)cc5c5c([Si](c6ccccc6)(c6ccccc6)c6ccccc6)cccc54)c3)c2)cc1. The van der Waals surface area contributed by atoms with E-state index in [1.165, 1.54) is 97.7 Å². The van der Waals surface area contributed by atoms with Crippen LogP contribution < -0.4 is 20.7 Å². The van der Waals surface area contributed by atoms with Crippen molar-refractivity contribution in [3.63, 3.8) is 0 Å². The predicted molar refractivity (Wildman–Crippen MR) is 295 cm³/mol. The highest BCUT2D eigenvalue weighted by Gasteiger charge is 2.43. The largest absolute Gasteiger partial charge is 0.309 e. The van der Waals surface area contributed by atoms with Gasteiger partial charge in [-0.05, 0) is 115 Å².